The Morgan fingerprint density at radius 2 is 1.59 bits per heavy atom. The molecule has 1 aliphatic rings. The van der Waals surface area contributed by atoms with Gasteiger partial charge in [0.2, 0.25) is 23.7 Å². The quantitative estimate of drug-likeness (QED) is 0.0406. The molecule has 0 radical (unpaired) electrons. The third-order valence-electron chi connectivity index (χ3n) is 10.9. The number of benzene rings is 2. The largest absolute Gasteiger partial charge is 0.379 e. The van der Waals surface area contributed by atoms with Gasteiger partial charge in [-0.2, -0.15) is 4.98 Å². The fourth-order valence-corrected chi connectivity index (χ4v) is 9.81. The van der Waals surface area contributed by atoms with Crippen LogP contribution < -0.4 is 27.2 Å². The molecule has 2 aromatic carbocycles. The van der Waals surface area contributed by atoms with Gasteiger partial charge in [0.05, 0.1) is 45.1 Å². The topological polar surface area (TPSA) is 248 Å². The Hall–Kier alpha value is -6.04. The van der Waals surface area contributed by atoms with E-state index < -0.39 is 35.3 Å². The summed E-state index contributed by atoms with van der Waals surface area (Å²) in [5.41, 5.74) is 10.1. The number of thiophene rings is 1. The number of rotatable bonds is 24. The molecule has 0 saturated heterocycles. The Bertz CT molecular complexity index is 2850. The summed E-state index contributed by atoms with van der Waals surface area (Å²) >= 11 is 9.04. The van der Waals surface area contributed by atoms with Gasteiger partial charge in [-0.25, -0.2) is 9.37 Å². The summed E-state index contributed by atoms with van der Waals surface area (Å²) in [6, 6.07) is 12.0. The maximum atomic E-state index is 13.6. The number of thioether (sulfide) groups is 1. The average Bonchev–Trinajstić information content (AvgIpc) is 3.94. The van der Waals surface area contributed by atoms with Crippen molar-refractivity contribution in [1.82, 2.24) is 50.2 Å². The number of nitrogens with one attached hydrogen (secondary N) is 4. The third kappa shape index (κ3) is 13.2. The molecule has 0 spiro atoms. The lowest BCUT2D eigenvalue weighted by Gasteiger charge is -2.17. The van der Waals surface area contributed by atoms with E-state index in [2.05, 4.69) is 54.9 Å². The van der Waals surface area contributed by atoms with E-state index in [0.717, 1.165) is 50.6 Å². The zero-order chi connectivity index (χ0) is 49.0. The van der Waals surface area contributed by atoms with Gasteiger partial charge in [-0.1, -0.05) is 47.6 Å². The molecule has 3 amide bonds. The molecule has 2 atom stereocenters. The number of carbonyl (C=O) groups is 3. The van der Waals surface area contributed by atoms with Crippen LogP contribution in [0.2, 0.25) is 5.02 Å². The molecule has 6 aromatic rings. The Labute approximate surface area is 410 Å². The predicted octanol–water partition coefficient (Wildman–Crippen LogP) is 4.75. The molecule has 4 aromatic heterocycles. The van der Waals surface area contributed by atoms with Crippen LogP contribution in [0.5, 0.6) is 0 Å². The second-order valence-corrected chi connectivity index (χ2v) is 18.7. The van der Waals surface area contributed by atoms with E-state index in [1.807, 2.05) is 35.8 Å². The first-order chi connectivity index (χ1) is 33.3. The van der Waals surface area contributed by atoms with Crippen molar-refractivity contribution in [2.75, 3.05) is 64.2 Å². The molecule has 5 heterocycles. The number of aromatic nitrogens is 7. The van der Waals surface area contributed by atoms with Crippen molar-refractivity contribution in [3.8, 4) is 5.00 Å². The van der Waals surface area contributed by atoms with Gasteiger partial charge in [0.25, 0.3) is 5.56 Å². The van der Waals surface area contributed by atoms with Crippen LogP contribution in [-0.4, -0.2) is 122 Å². The standard InChI is InChI=1S/C46H54ClFN12O7S2/c1-26-27(2)69-44-37(26)38(31-9-11-32(47)12-10-31)53-34(40-58-57-28(3)60(40)44)23-36(62)50-15-5-17-65-19-21-67-22-20-66-18-6-16-51-42(63)35(52-29(4)61)25-68-46-54-39-41(55-45(49)56-43(39)64)59(46)24-30-7-13-33(48)14-8-30/h7-14,34-35H,5-6,15-25H2,1-4H3,(H,50,62)(H,51,63)(H,52,61)(H3,49,55,56,64)/t34?,35-/m0/s1. The van der Waals surface area contributed by atoms with Crippen molar-refractivity contribution in [2.24, 2.45) is 4.99 Å². The lowest BCUT2D eigenvalue weighted by atomic mass is 9.99. The fraction of sp³-hybridized carbons (Fsp3) is 0.413. The molecule has 7 rings (SSSR count). The molecular weight excluding hydrogens is 951 g/mol. The van der Waals surface area contributed by atoms with E-state index in [1.165, 1.54) is 23.9 Å². The number of nitrogen functional groups attached to an aromatic ring is 1. The number of aliphatic imine (C=N–C) groups is 1. The second kappa shape index (κ2) is 24.0. The zero-order valence-electron chi connectivity index (χ0n) is 38.6. The number of ether oxygens (including phenoxy) is 3. The second-order valence-electron chi connectivity index (χ2n) is 16.1. The predicted molar refractivity (Wildman–Crippen MR) is 262 cm³/mol. The van der Waals surface area contributed by atoms with Gasteiger partial charge in [-0.3, -0.25) is 38.3 Å². The molecule has 6 N–H and O–H groups in total. The molecule has 0 saturated carbocycles. The highest BCUT2D eigenvalue weighted by Gasteiger charge is 2.32. The number of aryl methyl sites for hydroxylation is 2. The highest BCUT2D eigenvalue weighted by atomic mass is 35.5. The number of nitrogens with two attached hydrogens (primary N) is 1. The number of halogens is 2. The maximum Gasteiger partial charge on any atom is 0.280 e. The van der Waals surface area contributed by atoms with E-state index in [1.54, 1.807) is 28.0 Å². The summed E-state index contributed by atoms with van der Waals surface area (Å²) in [7, 11) is 0. The monoisotopic (exact) mass is 1000 g/mol. The number of anilines is 1. The molecule has 366 valence electrons. The molecular formula is C46H54ClFN12O7S2. The molecule has 0 fully saturated rings. The number of fused-ring (bicyclic) bond motifs is 4. The van der Waals surface area contributed by atoms with Crippen molar-refractivity contribution in [3.05, 3.63) is 109 Å². The van der Waals surface area contributed by atoms with E-state index >= 15 is 0 Å². The van der Waals surface area contributed by atoms with E-state index in [0.29, 0.717) is 81.6 Å². The van der Waals surface area contributed by atoms with Crippen molar-refractivity contribution < 1.29 is 33.0 Å². The number of hydrogen-bond acceptors (Lipinski definition) is 15. The Balaban J connectivity index is 0.765. The Kier molecular flexibility index (Phi) is 17.7. The van der Waals surface area contributed by atoms with Gasteiger partial charge in [-0.15, -0.1) is 21.5 Å². The van der Waals surface area contributed by atoms with Gasteiger partial charge < -0.3 is 35.9 Å². The first-order valence-corrected chi connectivity index (χ1v) is 24.5. The van der Waals surface area contributed by atoms with Crippen molar-refractivity contribution in [2.45, 2.75) is 70.7 Å². The summed E-state index contributed by atoms with van der Waals surface area (Å²) in [5, 5.41) is 19.3. The fourth-order valence-electron chi connectivity index (χ4n) is 7.45. The van der Waals surface area contributed by atoms with Gasteiger partial charge in [-0.05, 0) is 69.0 Å². The number of nitrogens with zero attached hydrogens (tertiary/aromatic N) is 7. The Morgan fingerprint density at radius 3 is 2.28 bits per heavy atom. The van der Waals surface area contributed by atoms with Crippen molar-refractivity contribution in [3.63, 3.8) is 0 Å². The minimum Gasteiger partial charge on any atom is -0.379 e. The lowest BCUT2D eigenvalue weighted by Crippen LogP contribution is -2.48. The summed E-state index contributed by atoms with van der Waals surface area (Å²) in [6.07, 6.45) is 1.23. The molecule has 1 unspecified atom stereocenters. The maximum absolute atomic E-state index is 13.6. The number of carbonyl (C=O) groups excluding carboxylic acids is 3. The molecule has 23 heteroatoms. The van der Waals surface area contributed by atoms with Gasteiger partial charge >= 0.3 is 0 Å². The van der Waals surface area contributed by atoms with Crippen LogP contribution in [0.1, 0.15) is 71.0 Å². The van der Waals surface area contributed by atoms with Gasteiger partial charge in [0.15, 0.2) is 22.1 Å². The van der Waals surface area contributed by atoms with Gasteiger partial charge in [0, 0.05) is 60.0 Å². The van der Waals surface area contributed by atoms with Crippen molar-refractivity contribution in [1.29, 1.82) is 0 Å². The number of H-pyrrole nitrogens is 1. The van der Waals surface area contributed by atoms with E-state index in [-0.39, 0.29) is 41.7 Å². The zero-order valence-corrected chi connectivity index (χ0v) is 41.0. The molecule has 1 aliphatic heterocycles. The number of aromatic amines is 1. The van der Waals surface area contributed by atoms with E-state index in [9.17, 15) is 23.6 Å². The van der Waals surface area contributed by atoms with Crippen LogP contribution in [0.3, 0.4) is 0 Å². The van der Waals surface area contributed by atoms with Crippen LogP contribution >= 0.6 is 34.7 Å². The number of imidazole rings is 1. The van der Waals surface area contributed by atoms with Crippen LogP contribution in [0.15, 0.2) is 63.5 Å². The average molecular weight is 1010 g/mol. The first-order valence-electron chi connectivity index (χ1n) is 22.3. The summed E-state index contributed by atoms with van der Waals surface area (Å²) in [6.45, 7) is 10.6. The minimum absolute atomic E-state index is 0.0535. The highest BCUT2D eigenvalue weighted by molar-refractivity contribution is 7.99. The Morgan fingerprint density at radius 1 is 0.928 bits per heavy atom. The summed E-state index contributed by atoms with van der Waals surface area (Å²) in [5.74, 6) is 0.00423. The van der Waals surface area contributed by atoms with Crippen LogP contribution in [-0.2, 0) is 35.1 Å². The molecule has 69 heavy (non-hydrogen) atoms. The number of hydrogen-bond donors (Lipinski definition) is 5. The van der Waals surface area contributed by atoms with Crippen molar-refractivity contribution >= 4 is 75.2 Å². The highest BCUT2D eigenvalue weighted by Crippen LogP contribution is 2.39. The SMILES string of the molecule is CC(=O)N[C@@H](CSc1nc2c(=O)[nH]c(N)nc2n1Cc1ccc(F)cc1)C(=O)NCCCOCCOCCOCCCNC(=O)CC1N=C(c2ccc(Cl)cc2)c2c(sc(C)c2C)-n2c(C)nnc21. The normalized spacial score (nSPS) is 13.7. The van der Waals surface area contributed by atoms with Gasteiger partial charge in [0.1, 0.15) is 28.7 Å². The molecule has 19 nitrogen and oxygen atoms in total. The summed E-state index contributed by atoms with van der Waals surface area (Å²) in [4.78, 5) is 68.6. The first kappa shape index (κ1) is 50.8. The van der Waals surface area contributed by atoms with Crippen LogP contribution in [0.4, 0.5) is 10.3 Å². The summed E-state index contributed by atoms with van der Waals surface area (Å²) < 4.78 is 34.2. The van der Waals surface area contributed by atoms with Crippen LogP contribution in [0.25, 0.3) is 16.2 Å². The molecule has 0 bridgehead atoms. The van der Waals surface area contributed by atoms with E-state index in [4.69, 9.17) is 36.5 Å². The third-order valence-corrected chi connectivity index (χ3v) is 13.5. The lowest BCUT2D eigenvalue weighted by molar-refractivity contribution is -0.127. The van der Waals surface area contributed by atoms with Crippen LogP contribution in [0, 0.1) is 26.6 Å². The number of amides is 3. The molecule has 0 aliphatic carbocycles. The smallest absolute Gasteiger partial charge is 0.280 e. The minimum atomic E-state index is -0.917.